The van der Waals surface area contributed by atoms with Gasteiger partial charge in [0.15, 0.2) is 0 Å². The molecule has 0 fully saturated rings. The summed E-state index contributed by atoms with van der Waals surface area (Å²) in [6.07, 6.45) is 2.28. The Balaban J connectivity index is 2.41. The molecule has 0 aliphatic carbocycles. The topological polar surface area (TPSA) is 20.2 Å². The number of phenols is 1. The average molecular weight is 243 g/mol. The molecule has 0 spiro atoms. The van der Waals surface area contributed by atoms with Crippen LogP contribution in [0.1, 0.15) is 18.9 Å². The minimum absolute atomic E-state index is 0.345. The molecule has 1 nitrogen and oxygen atoms in total. The van der Waals surface area contributed by atoms with Gasteiger partial charge < -0.3 is 5.11 Å². The molecule has 1 unspecified atom stereocenters. The number of alkyl halides is 1. The van der Waals surface area contributed by atoms with E-state index in [2.05, 4.69) is 22.9 Å². The fourth-order valence-electron chi connectivity index (χ4n) is 1.15. The molecule has 13 heavy (non-hydrogen) atoms. The van der Waals surface area contributed by atoms with Crippen LogP contribution in [-0.4, -0.2) is 10.4 Å². The maximum atomic E-state index is 9.07. The molecule has 0 aliphatic rings. The minimum Gasteiger partial charge on any atom is -0.508 e. The summed E-state index contributed by atoms with van der Waals surface area (Å²) in [4.78, 5) is 0. The largest absolute Gasteiger partial charge is 0.508 e. The third-order valence-electron chi connectivity index (χ3n) is 2.13. The summed E-state index contributed by atoms with van der Waals surface area (Å²) in [6, 6.07) is 7.45. The van der Waals surface area contributed by atoms with E-state index in [1.807, 2.05) is 12.1 Å². The van der Waals surface area contributed by atoms with Gasteiger partial charge in [0.25, 0.3) is 0 Å². The van der Waals surface area contributed by atoms with Gasteiger partial charge in [0.2, 0.25) is 0 Å². The van der Waals surface area contributed by atoms with Crippen molar-refractivity contribution in [1.29, 1.82) is 0 Å². The maximum absolute atomic E-state index is 9.07. The van der Waals surface area contributed by atoms with Crippen LogP contribution in [0.3, 0.4) is 0 Å². The van der Waals surface area contributed by atoms with Crippen molar-refractivity contribution >= 4 is 15.9 Å². The van der Waals surface area contributed by atoms with Gasteiger partial charge in [-0.25, -0.2) is 0 Å². The molecule has 1 aromatic rings. The SMILES string of the molecule is CC(CBr)CCc1ccc(O)cc1. The molecule has 1 rings (SSSR count). The van der Waals surface area contributed by atoms with Crippen LogP contribution in [-0.2, 0) is 6.42 Å². The van der Waals surface area contributed by atoms with Gasteiger partial charge in [0, 0.05) is 5.33 Å². The van der Waals surface area contributed by atoms with E-state index in [4.69, 9.17) is 5.11 Å². The lowest BCUT2D eigenvalue weighted by molar-refractivity contribution is 0.475. The van der Waals surface area contributed by atoms with Gasteiger partial charge >= 0.3 is 0 Å². The monoisotopic (exact) mass is 242 g/mol. The first kappa shape index (κ1) is 10.6. The van der Waals surface area contributed by atoms with Crippen molar-refractivity contribution in [2.24, 2.45) is 5.92 Å². The van der Waals surface area contributed by atoms with Crippen LogP contribution in [0.25, 0.3) is 0 Å². The average Bonchev–Trinajstić information content (AvgIpc) is 2.16. The van der Waals surface area contributed by atoms with Crippen LogP contribution in [0, 0.1) is 5.92 Å². The number of aromatic hydroxyl groups is 1. The van der Waals surface area contributed by atoms with Crippen molar-refractivity contribution in [3.05, 3.63) is 29.8 Å². The van der Waals surface area contributed by atoms with Gasteiger partial charge in [0.05, 0.1) is 0 Å². The number of hydrogen-bond acceptors (Lipinski definition) is 1. The summed E-state index contributed by atoms with van der Waals surface area (Å²) < 4.78 is 0. The molecule has 0 aliphatic heterocycles. The van der Waals surface area contributed by atoms with Gasteiger partial charge in [-0.2, -0.15) is 0 Å². The zero-order chi connectivity index (χ0) is 9.68. The van der Waals surface area contributed by atoms with E-state index in [-0.39, 0.29) is 0 Å². The Morgan fingerprint density at radius 1 is 1.31 bits per heavy atom. The van der Waals surface area contributed by atoms with Gasteiger partial charge in [-0.3, -0.25) is 0 Å². The highest BCUT2D eigenvalue weighted by Crippen LogP contribution is 2.14. The van der Waals surface area contributed by atoms with Crippen LogP contribution in [0.2, 0.25) is 0 Å². The first-order chi connectivity index (χ1) is 6.22. The zero-order valence-electron chi connectivity index (χ0n) is 7.83. The van der Waals surface area contributed by atoms with Crippen LogP contribution in [0.4, 0.5) is 0 Å². The van der Waals surface area contributed by atoms with E-state index in [9.17, 15) is 0 Å². The Morgan fingerprint density at radius 3 is 2.46 bits per heavy atom. The van der Waals surface area contributed by atoms with Crippen LogP contribution in [0.5, 0.6) is 5.75 Å². The number of rotatable bonds is 4. The molecular weight excluding hydrogens is 228 g/mol. The number of hydrogen-bond donors (Lipinski definition) is 1. The van der Waals surface area contributed by atoms with Crippen molar-refractivity contribution in [3.8, 4) is 5.75 Å². The van der Waals surface area contributed by atoms with E-state index >= 15 is 0 Å². The van der Waals surface area contributed by atoms with Crippen molar-refractivity contribution in [2.45, 2.75) is 19.8 Å². The molecule has 2 heteroatoms. The lowest BCUT2D eigenvalue weighted by atomic mass is 10.0. The van der Waals surface area contributed by atoms with Crippen molar-refractivity contribution in [2.75, 3.05) is 5.33 Å². The van der Waals surface area contributed by atoms with Crippen LogP contribution >= 0.6 is 15.9 Å². The summed E-state index contributed by atoms with van der Waals surface area (Å²) in [5.41, 5.74) is 1.30. The lowest BCUT2D eigenvalue weighted by Crippen LogP contribution is -1.97. The second-order valence-corrected chi connectivity index (χ2v) is 4.11. The molecule has 0 bridgehead atoms. The second kappa shape index (κ2) is 5.28. The Hall–Kier alpha value is -0.500. The summed E-state index contributed by atoms with van der Waals surface area (Å²) in [5, 5.41) is 10.1. The van der Waals surface area contributed by atoms with Gasteiger partial charge in [0.1, 0.15) is 5.75 Å². The predicted octanol–water partition coefficient (Wildman–Crippen LogP) is 3.36. The smallest absolute Gasteiger partial charge is 0.115 e. The maximum Gasteiger partial charge on any atom is 0.115 e. The van der Waals surface area contributed by atoms with Gasteiger partial charge in [-0.1, -0.05) is 35.0 Å². The van der Waals surface area contributed by atoms with Crippen LogP contribution in [0.15, 0.2) is 24.3 Å². The summed E-state index contributed by atoms with van der Waals surface area (Å²) >= 11 is 3.46. The fourth-order valence-corrected chi connectivity index (χ4v) is 1.48. The third-order valence-corrected chi connectivity index (χ3v) is 3.23. The van der Waals surface area contributed by atoms with E-state index in [0.29, 0.717) is 11.7 Å². The third kappa shape index (κ3) is 3.81. The Morgan fingerprint density at radius 2 is 1.92 bits per heavy atom. The molecule has 1 N–H and O–H groups in total. The number of halogens is 1. The Bertz CT molecular complexity index is 243. The number of benzene rings is 1. The zero-order valence-corrected chi connectivity index (χ0v) is 9.42. The number of phenolic OH excluding ortho intramolecular Hbond substituents is 1. The van der Waals surface area contributed by atoms with Gasteiger partial charge in [-0.15, -0.1) is 0 Å². The highest BCUT2D eigenvalue weighted by Gasteiger charge is 2.00. The van der Waals surface area contributed by atoms with E-state index < -0.39 is 0 Å². The fraction of sp³-hybridized carbons (Fsp3) is 0.455. The summed E-state index contributed by atoms with van der Waals surface area (Å²) in [7, 11) is 0. The minimum atomic E-state index is 0.345. The van der Waals surface area contributed by atoms with Crippen molar-refractivity contribution in [3.63, 3.8) is 0 Å². The highest BCUT2D eigenvalue weighted by molar-refractivity contribution is 9.09. The molecule has 0 amide bonds. The second-order valence-electron chi connectivity index (χ2n) is 3.46. The normalized spacial score (nSPS) is 12.8. The van der Waals surface area contributed by atoms with Crippen molar-refractivity contribution in [1.82, 2.24) is 0 Å². The summed E-state index contributed by atoms with van der Waals surface area (Å²) in [5.74, 6) is 1.06. The molecule has 0 saturated carbocycles. The molecule has 1 aromatic carbocycles. The number of aryl methyl sites for hydroxylation is 1. The Labute approximate surface area is 87.9 Å². The molecule has 0 saturated heterocycles. The van der Waals surface area contributed by atoms with E-state index in [1.165, 1.54) is 12.0 Å². The molecule has 1 atom stereocenters. The molecule has 0 radical (unpaired) electrons. The lowest BCUT2D eigenvalue weighted by Gasteiger charge is -2.06. The first-order valence-electron chi connectivity index (χ1n) is 4.56. The van der Waals surface area contributed by atoms with Crippen LogP contribution < -0.4 is 0 Å². The van der Waals surface area contributed by atoms with Crippen molar-refractivity contribution < 1.29 is 5.11 Å². The first-order valence-corrected chi connectivity index (χ1v) is 5.68. The molecule has 0 aromatic heterocycles. The van der Waals surface area contributed by atoms with E-state index in [0.717, 1.165) is 11.8 Å². The highest BCUT2D eigenvalue weighted by atomic mass is 79.9. The standard InChI is InChI=1S/C11H15BrO/c1-9(8-12)2-3-10-4-6-11(13)7-5-10/h4-7,9,13H,2-3,8H2,1H3. The summed E-state index contributed by atoms with van der Waals surface area (Å²) in [6.45, 7) is 2.23. The Kier molecular flexibility index (Phi) is 4.29. The molecule has 72 valence electrons. The quantitative estimate of drug-likeness (QED) is 0.804. The van der Waals surface area contributed by atoms with Gasteiger partial charge in [-0.05, 0) is 36.5 Å². The molecule has 0 heterocycles. The predicted molar refractivity (Wildman–Crippen MR) is 59.4 cm³/mol. The van der Waals surface area contributed by atoms with E-state index in [1.54, 1.807) is 12.1 Å². The molecular formula is C11H15BrO.